The average molecular weight is 328 g/mol. The molecule has 0 bridgehead atoms. The van der Waals surface area contributed by atoms with E-state index in [1.54, 1.807) is 25.0 Å². The summed E-state index contributed by atoms with van der Waals surface area (Å²) in [4.78, 5) is 23.2. The first-order chi connectivity index (χ1) is 11.5. The van der Waals surface area contributed by atoms with Crippen molar-refractivity contribution in [3.8, 4) is 0 Å². The highest BCUT2D eigenvalue weighted by Crippen LogP contribution is 2.19. The van der Waals surface area contributed by atoms with E-state index < -0.39 is 0 Å². The number of amides is 1. The van der Waals surface area contributed by atoms with Gasteiger partial charge in [-0.3, -0.25) is 4.79 Å². The van der Waals surface area contributed by atoms with Crippen LogP contribution in [0.25, 0.3) is 0 Å². The maximum absolute atomic E-state index is 12.9. The number of carbonyl (C=O) groups is 1. The minimum atomic E-state index is -0.136. The molecule has 0 aliphatic carbocycles. The van der Waals surface area contributed by atoms with E-state index in [2.05, 4.69) is 15.3 Å². The molecule has 6 heteroatoms. The summed E-state index contributed by atoms with van der Waals surface area (Å²) in [6, 6.07) is 9.56. The number of anilines is 2. The van der Waals surface area contributed by atoms with Crippen molar-refractivity contribution in [2.75, 3.05) is 37.0 Å². The van der Waals surface area contributed by atoms with E-state index >= 15 is 0 Å². The predicted octanol–water partition coefficient (Wildman–Crippen LogP) is 2.82. The Morgan fingerprint density at radius 2 is 2.04 bits per heavy atom. The van der Waals surface area contributed by atoms with Gasteiger partial charge in [-0.15, -0.1) is 0 Å². The van der Waals surface area contributed by atoms with Crippen molar-refractivity contribution < 1.29 is 9.53 Å². The van der Waals surface area contributed by atoms with Crippen molar-refractivity contribution >= 4 is 17.4 Å². The molecule has 0 saturated carbocycles. The normalized spacial score (nSPS) is 10.5. The van der Waals surface area contributed by atoms with Gasteiger partial charge in [0.15, 0.2) is 0 Å². The van der Waals surface area contributed by atoms with E-state index in [4.69, 9.17) is 4.74 Å². The molecule has 0 radical (unpaired) electrons. The van der Waals surface area contributed by atoms with Crippen molar-refractivity contribution in [3.05, 3.63) is 47.4 Å². The van der Waals surface area contributed by atoms with Crippen molar-refractivity contribution in [2.24, 2.45) is 0 Å². The summed E-state index contributed by atoms with van der Waals surface area (Å²) in [7, 11) is 1.64. The summed E-state index contributed by atoms with van der Waals surface area (Å²) in [5, 5.41) is 3.14. The first-order valence-electron chi connectivity index (χ1n) is 8.02. The summed E-state index contributed by atoms with van der Waals surface area (Å²) in [5.74, 6) is 1.05. The van der Waals surface area contributed by atoms with Gasteiger partial charge >= 0.3 is 0 Å². The Morgan fingerprint density at radius 3 is 2.71 bits per heavy atom. The minimum Gasteiger partial charge on any atom is -0.383 e. The zero-order valence-electron chi connectivity index (χ0n) is 14.7. The topological polar surface area (TPSA) is 67.4 Å². The van der Waals surface area contributed by atoms with E-state index in [9.17, 15) is 4.79 Å². The Bertz CT molecular complexity index is 703. The molecule has 0 fully saturated rings. The molecular weight excluding hydrogens is 304 g/mol. The summed E-state index contributed by atoms with van der Waals surface area (Å²) in [6.07, 6.45) is 0. The number of nitrogens with one attached hydrogen (secondary N) is 1. The Morgan fingerprint density at radius 1 is 1.25 bits per heavy atom. The molecule has 1 N–H and O–H groups in total. The van der Waals surface area contributed by atoms with Gasteiger partial charge in [0, 0.05) is 32.0 Å². The Kier molecular flexibility index (Phi) is 6.26. The first-order valence-corrected chi connectivity index (χ1v) is 8.02. The van der Waals surface area contributed by atoms with E-state index in [0.717, 1.165) is 11.3 Å². The largest absolute Gasteiger partial charge is 0.383 e. The highest BCUT2D eigenvalue weighted by atomic mass is 16.5. The van der Waals surface area contributed by atoms with Crippen LogP contribution in [0.15, 0.2) is 30.3 Å². The lowest BCUT2D eigenvalue weighted by atomic mass is 10.2. The van der Waals surface area contributed by atoms with Crippen LogP contribution in [0, 0.1) is 13.8 Å². The van der Waals surface area contributed by atoms with Crippen LogP contribution in [-0.2, 0) is 4.74 Å². The lowest BCUT2D eigenvalue weighted by Crippen LogP contribution is -2.31. The average Bonchev–Trinajstić information content (AvgIpc) is 2.55. The lowest BCUT2D eigenvalue weighted by molar-refractivity contribution is 0.0983. The molecule has 2 rings (SSSR count). The van der Waals surface area contributed by atoms with Gasteiger partial charge in [0.2, 0.25) is 0 Å². The molecule has 1 aromatic carbocycles. The van der Waals surface area contributed by atoms with E-state index in [-0.39, 0.29) is 5.91 Å². The predicted molar refractivity (Wildman–Crippen MR) is 95.7 cm³/mol. The van der Waals surface area contributed by atoms with Gasteiger partial charge in [0.1, 0.15) is 17.3 Å². The van der Waals surface area contributed by atoms with Gasteiger partial charge in [-0.1, -0.05) is 12.1 Å². The maximum Gasteiger partial charge on any atom is 0.277 e. The van der Waals surface area contributed by atoms with Gasteiger partial charge < -0.3 is 15.0 Å². The zero-order chi connectivity index (χ0) is 17.5. The monoisotopic (exact) mass is 328 g/mol. The number of benzene rings is 1. The molecule has 24 heavy (non-hydrogen) atoms. The summed E-state index contributed by atoms with van der Waals surface area (Å²) in [6.45, 7) is 7.49. The van der Waals surface area contributed by atoms with Crippen LogP contribution < -0.4 is 10.2 Å². The third-order valence-electron chi connectivity index (χ3n) is 3.54. The summed E-state index contributed by atoms with van der Waals surface area (Å²) >= 11 is 0. The fourth-order valence-corrected chi connectivity index (χ4v) is 2.43. The van der Waals surface area contributed by atoms with Crippen molar-refractivity contribution in [3.63, 3.8) is 0 Å². The van der Waals surface area contributed by atoms with Crippen LogP contribution >= 0.6 is 0 Å². The maximum atomic E-state index is 12.9. The molecule has 1 heterocycles. The molecule has 6 nitrogen and oxygen atoms in total. The number of carbonyl (C=O) groups excluding carboxylic acids is 1. The van der Waals surface area contributed by atoms with Gasteiger partial charge in [-0.2, -0.15) is 0 Å². The number of aromatic nitrogens is 2. The minimum absolute atomic E-state index is 0.136. The molecule has 0 saturated heterocycles. The van der Waals surface area contributed by atoms with Crippen molar-refractivity contribution in [1.82, 2.24) is 9.97 Å². The second kappa shape index (κ2) is 8.40. The van der Waals surface area contributed by atoms with Gasteiger partial charge in [-0.05, 0) is 38.5 Å². The Hall–Kier alpha value is -2.47. The van der Waals surface area contributed by atoms with Gasteiger partial charge in [0.05, 0.1) is 6.61 Å². The zero-order valence-corrected chi connectivity index (χ0v) is 14.7. The first kappa shape index (κ1) is 17.9. The molecule has 128 valence electrons. The molecule has 1 aromatic heterocycles. The SMILES string of the molecule is CCN(C(=O)c1cc(NCCOC)nc(C)n1)c1cccc(C)c1. The molecule has 1 amide bonds. The quantitative estimate of drug-likeness (QED) is 0.792. The van der Waals surface area contributed by atoms with Crippen LogP contribution in [0.1, 0.15) is 28.8 Å². The Labute approximate surface area is 142 Å². The molecule has 0 unspecified atom stereocenters. The number of hydrogen-bond donors (Lipinski definition) is 1. The lowest BCUT2D eigenvalue weighted by Gasteiger charge is -2.21. The van der Waals surface area contributed by atoms with Crippen LogP contribution in [0.4, 0.5) is 11.5 Å². The fourth-order valence-electron chi connectivity index (χ4n) is 2.43. The molecule has 0 atom stereocenters. The number of methoxy groups -OCH3 is 1. The number of nitrogens with zero attached hydrogens (tertiary/aromatic N) is 3. The van der Waals surface area contributed by atoms with Crippen LogP contribution in [0.3, 0.4) is 0 Å². The third kappa shape index (κ3) is 4.52. The number of ether oxygens (including phenoxy) is 1. The van der Waals surface area contributed by atoms with E-state index in [1.807, 2.05) is 38.1 Å². The highest BCUT2D eigenvalue weighted by molar-refractivity contribution is 6.05. The number of rotatable bonds is 7. The second-order valence-corrected chi connectivity index (χ2v) is 5.49. The molecule has 2 aromatic rings. The van der Waals surface area contributed by atoms with Crippen LogP contribution in [0.2, 0.25) is 0 Å². The number of hydrogen-bond acceptors (Lipinski definition) is 5. The van der Waals surface area contributed by atoms with Crippen molar-refractivity contribution in [2.45, 2.75) is 20.8 Å². The summed E-state index contributed by atoms with van der Waals surface area (Å²) < 4.78 is 5.02. The smallest absolute Gasteiger partial charge is 0.277 e. The molecule has 0 aliphatic heterocycles. The van der Waals surface area contributed by atoms with Crippen LogP contribution in [0.5, 0.6) is 0 Å². The number of aryl methyl sites for hydroxylation is 2. The summed E-state index contributed by atoms with van der Waals surface area (Å²) in [5.41, 5.74) is 2.36. The third-order valence-corrected chi connectivity index (χ3v) is 3.54. The van der Waals surface area contributed by atoms with Gasteiger partial charge in [0.25, 0.3) is 5.91 Å². The Balaban J connectivity index is 2.26. The highest BCUT2D eigenvalue weighted by Gasteiger charge is 2.19. The van der Waals surface area contributed by atoms with E-state index in [0.29, 0.717) is 37.0 Å². The van der Waals surface area contributed by atoms with E-state index in [1.165, 1.54) is 0 Å². The van der Waals surface area contributed by atoms with Crippen LogP contribution in [-0.4, -0.2) is 42.7 Å². The fraction of sp³-hybridized carbons (Fsp3) is 0.389. The standard InChI is InChI=1S/C18H24N4O2/c1-5-22(15-8-6-7-13(2)11-15)18(23)16-12-17(19-9-10-24-4)21-14(3)20-16/h6-8,11-12H,5,9-10H2,1-4H3,(H,19,20,21). The molecular formula is C18H24N4O2. The van der Waals surface area contributed by atoms with Crippen molar-refractivity contribution in [1.29, 1.82) is 0 Å². The second-order valence-electron chi connectivity index (χ2n) is 5.49. The van der Waals surface area contributed by atoms with Gasteiger partial charge in [-0.25, -0.2) is 9.97 Å². The molecule has 0 spiro atoms. The molecule has 0 aliphatic rings.